The van der Waals surface area contributed by atoms with Crippen molar-refractivity contribution in [1.29, 1.82) is 0 Å². The highest BCUT2D eigenvalue weighted by molar-refractivity contribution is 9.10. The Morgan fingerprint density at radius 2 is 1.67 bits per heavy atom. The molecule has 11 heteroatoms. The molecule has 0 spiro atoms. The van der Waals surface area contributed by atoms with Crippen molar-refractivity contribution in [3.63, 3.8) is 0 Å². The number of aryl methyl sites for hydroxylation is 1. The van der Waals surface area contributed by atoms with Gasteiger partial charge in [-0.15, -0.1) is 0 Å². The predicted octanol–water partition coefficient (Wildman–Crippen LogP) is 4.58. The van der Waals surface area contributed by atoms with Crippen molar-refractivity contribution in [2.24, 2.45) is 5.10 Å². The predicted molar refractivity (Wildman–Crippen MR) is 153 cm³/mol. The number of amides is 3. The fraction of sp³-hybridized carbons (Fsp3) is 0.214. The number of nitrogens with zero attached hydrogens (tertiary/aromatic N) is 1. The molecule has 0 radical (unpaired) electrons. The van der Waals surface area contributed by atoms with E-state index in [1.807, 2.05) is 39.0 Å². The molecule has 3 N–H and O–H groups in total. The van der Waals surface area contributed by atoms with Crippen LogP contribution >= 0.6 is 15.9 Å². The van der Waals surface area contributed by atoms with Crippen molar-refractivity contribution in [2.45, 2.75) is 20.8 Å². The highest BCUT2D eigenvalue weighted by atomic mass is 79.9. The lowest BCUT2D eigenvalue weighted by Gasteiger charge is -2.14. The Morgan fingerprint density at radius 1 is 0.923 bits per heavy atom. The fourth-order valence-electron chi connectivity index (χ4n) is 3.41. The summed E-state index contributed by atoms with van der Waals surface area (Å²) in [5.41, 5.74) is 5.86. The number of benzene rings is 3. The summed E-state index contributed by atoms with van der Waals surface area (Å²) >= 11 is 3.42. The Morgan fingerprint density at radius 3 is 2.41 bits per heavy atom. The van der Waals surface area contributed by atoms with E-state index in [1.165, 1.54) is 13.3 Å². The van der Waals surface area contributed by atoms with Gasteiger partial charge in [-0.3, -0.25) is 14.4 Å². The first-order valence-corrected chi connectivity index (χ1v) is 12.7. The summed E-state index contributed by atoms with van der Waals surface area (Å²) in [6, 6.07) is 15.7. The van der Waals surface area contributed by atoms with Crippen LogP contribution in [-0.2, 0) is 14.4 Å². The normalized spacial score (nSPS) is 10.6. The summed E-state index contributed by atoms with van der Waals surface area (Å²) in [6.45, 7) is 5.88. The van der Waals surface area contributed by atoms with Crippen LogP contribution < -0.4 is 30.3 Å². The van der Waals surface area contributed by atoms with Gasteiger partial charge in [0.25, 0.3) is 5.91 Å². The lowest BCUT2D eigenvalue weighted by molar-refractivity contribution is -0.136. The van der Waals surface area contributed by atoms with Gasteiger partial charge in [-0.1, -0.05) is 24.3 Å². The van der Waals surface area contributed by atoms with Crippen molar-refractivity contribution in [2.75, 3.05) is 31.0 Å². The molecule has 3 aromatic carbocycles. The topological polar surface area (TPSA) is 127 Å². The molecule has 0 aromatic heterocycles. The van der Waals surface area contributed by atoms with E-state index in [-0.39, 0.29) is 12.5 Å². The quantitative estimate of drug-likeness (QED) is 0.179. The number of hydrazone groups is 1. The van der Waals surface area contributed by atoms with Crippen molar-refractivity contribution in [3.05, 3.63) is 75.8 Å². The zero-order valence-corrected chi connectivity index (χ0v) is 23.5. The number of halogens is 1. The van der Waals surface area contributed by atoms with Gasteiger partial charge < -0.3 is 24.8 Å². The number of ether oxygens (including phenoxy) is 3. The number of hydrogen-bond acceptors (Lipinski definition) is 7. The molecule has 0 bridgehead atoms. The van der Waals surface area contributed by atoms with Gasteiger partial charge in [-0.05, 0) is 83.7 Å². The molecular weight excluding hydrogens is 568 g/mol. The third-order valence-electron chi connectivity index (χ3n) is 5.50. The van der Waals surface area contributed by atoms with Crippen molar-refractivity contribution in [3.8, 4) is 17.2 Å². The number of rotatable bonds is 10. The standard InChI is InChI=1S/C28H29BrN4O6/c1-5-38-23-12-7-6-10-22(23)32-27(35)28(36)33-30-15-19-13-20(29)26(24(14-19)37-4)39-16-25(34)31-21-11-8-9-17(2)18(21)3/h6-15H,5,16H2,1-4H3,(H,31,34)(H,32,35)(H,33,36)/b30-15-. The van der Waals surface area contributed by atoms with Crippen LogP contribution in [0.25, 0.3) is 0 Å². The third kappa shape index (κ3) is 8.05. The molecule has 0 aliphatic carbocycles. The number of hydrogen-bond donors (Lipinski definition) is 3. The smallest absolute Gasteiger partial charge is 0.329 e. The second kappa shape index (κ2) is 14.0. The molecule has 0 saturated carbocycles. The molecule has 39 heavy (non-hydrogen) atoms. The molecular formula is C28H29BrN4O6. The molecule has 0 aliphatic heterocycles. The summed E-state index contributed by atoms with van der Waals surface area (Å²) in [5, 5.41) is 9.18. The van der Waals surface area contributed by atoms with Crippen LogP contribution in [0.4, 0.5) is 11.4 Å². The average molecular weight is 597 g/mol. The molecule has 3 amide bonds. The summed E-state index contributed by atoms with van der Waals surface area (Å²) in [5.74, 6) is -1.08. The van der Waals surface area contributed by atoms with Gasteiger partial charge in [0.05, 0.1) is 30.1 Å². The monoisotopic (exact) mass is 596 g/mol. The van der Waals surface area contributed by atoms with E-state index < -0.39 is 11.8 Å². The summed E-state index contributed by atoms with van der Waals surface area (Å²) in [7, 11) is 1.46. The first-order chi connectivity index (χ1) is 18.7. The van der Waals surface area contributed by atoms with Gasteiger partial charge in [0.2, 0.25) is 0 Å². The average Bonchev–Trinajstić information content (AvgIpc) is 2.91. The van der Waals surface area contributed by atoms with Crippen molar-refractivity contribution >= 4 is 51.2 Å². The Bertz CT molecular complexity index is 1390. The minimum absolute atomic E-state index is 0.243. The number of carbonyl (C=O) groups excluding carboxylic acids is 3. The number of methoxy groups -OCH3 is 1. The van der Waals surface area contributed by atoms with Crippen molar-refractivity contribution < 1.29 is 28.6 Å². The molecule has 0 saturated heterocycles. The maximum absolute atomic E-state index is 12.5. The van der Waals surface area contributed by atoms with Crippen LogP contribution in [-0.4, -0.2) is 44.3 Å². The zero-order chi connectivity index (χ0) is 28.4. The lowest BCUT2D eigenvalue weighted by Crippen LogP contribution is -2.32. The van der Waals surface area contributed by atoms with Crippen LogP contribution in [0.15, 0.2) is 64.2 Å². The van der Waals surface area contributed by atoms with Gasteiger partial charge in [-0.25, -0.2) is 5.43 Å². The van der Waals surface area contributed by atoms with Gasteiger partial charge in [0.15, 0.2) is 18.1 Å². The van der Waals surface area contributed by atoms with E-state index in [9.17, 15) is 14.4 Å². The number of anilines is 2. The molecule has 3 rings (SSSR count). The van der Waals surface area contributed by atoms with Gasteiger partial charge in [0, 0.05) is 5.69 Å². The first-order valence-electron chi connectivity index (χ1n) is 12.0. The van der Waals surface area contributed by atoms with Crippen LogP contribution in [0.1, 0.15) is 23.6 Å². The highest BCUT2D eigenvalue weighted by Gasteiger charge is 2.16. The molecule has 0 atom stereocenters. The van der Waals surface area contributed by atoms with E-state index in [0.717, 1.165) is 16.8 Å². The van der Waals surface area contributed by atoms with Crippen LogP contribution in [0, 0.1) is 13.8 Å². The van der Waals surface area contributed by atoms with E-state index >= 15 is 0 Å². The van der Waals surface area contributed by atoms with E-state index in [4.69, 9.17) is 14.2 Å². The molecule has 3 aromatic rings. The molecule has 0 fully saturated rings. The van der Waals surface area contributed by atoms with E-state index in [1.54, 1.807) is 36.4 Å². The Kier molecular flexibility index (Phi) is 10.4. The largest absolute Gasteiger partial charge is 0.493 e. The molecule has 0 unspecified atom stereocenters. The second-order valence-corrected chi connectivity index (χ2v) is 9.06. The second-order valence-electron chi connectivity index (χ2n) is 8.20. The van der Waals surface area contributed by atoms with Crippen LogP contribution in [0.3, 0.4) is 0 Å². The summed E-state index contributed by atoms with van der Waals surface area (Å²) in [4.78, 5) is 36.9. The van der Waals surface area contributed by atoms with E-state index in [0.29, 0.717) is 39.6 Å². The zero-order valence-electron chi connectivity index (χ0n) is 22.0. The molecule has 204 valence electrons. The minimum Gasteiger partial charge on any atom is -0.493 e. The van der Waals surface area contributed by atoms with E-state index in [2.05, 4.69) is 37.1 Å². The fourth-order valence-corrected chi connectivity index (χ4v) is 3.99. The minimum atomic E-state index is -0.960. The maximum atomic E-state index is 12.5. The first kappa shape index (κ1) is 29.2. The Balaban J connectivity index is 1.60. The Labute approximate surface area is 234 Å². The van der Waals surface area contributed by atoms with Gasteiger partial charge >= 0.3 is 11.8 Å². The maximum Gasteiger partial charge on any atom is 0.329 e. The van der Waals surface area contributed by atoms with Gasteiger partial charge in [-0.2, -0.15) is 5.10 Å². The van der Waals surface area contributed by atoms with Crippen molar-refractivity contribution in [1.82, 2.24) is 5.43 Å². The molecule has 0 heterocycles. The number of nitrogens with one attached hydrogen (secondary N) is 3. The van der Waals surface area contributed by atoms with Crippen LogP contribution in [0.5, 0.6) is 17.2 Å². The summed E-state index contributed by atoms with van der Waals surface area (Å²) in [6.07, 6.45) is 1.34. The summed E-state index contributed by atoms with van der Waals surface area (Å²) < 4.78 is 17.1. The number of para-hydroxylation sites is 2. The highest BCUT2D eigenvalue weighted by Crippen LogP contribution is 2.36. The third-order valence-corrected chi connectivity index (χ3v) is 6.09. The number of carbonyl (C=O) groups is 3. The lowest BCUT2D eigenvalue weighted by atomic mass is 10.1. The molecule has 10 nitrogen and oxygen atoms in total. The SMILES string of the molecule is CCOc1ccccc1NC(=O)C(=O)N/N=C\c1cc(Br)c(OCC(=O)Nc2cccc(C)c2C)c(OC)c1. The van der Waals surface area contributed by atoms with Gasteiger partial charge in [0.1, 0.15) is 5.75 Å². The Hall–Kier alpha value is -4.38. The van der Waals surface area contributed by atoms with Crippen LogP contribution in [0.2, 0.25) is 0 Å². The molecule has 0 aliphatic rings.